The highest BCUT2D eigenvalue weighted by Gasteiger charge is 2.33. The van der Waals surface area contributed by atoms with E-state index < -0.39 is 0 Å². The van der Waals surface area contributed by atoms with Crippen LogP contribution in [0.5, 0.6) is 0 Å². The number of hydrogen-bond acceptors (Lipinski definition) is 6. The molecule has 1 atom stereocenters. The van der Waals surface area contributed by atoms with Crippen molar-refractivity contribution in [3.05, 3.63) is 28.3 Å². The Morgan fingerprint density at radius 2 is 2.37 bits per heavy atom. The van der Waals surface area contributed by atoms with Crippen LogP contribution in [-0.2, 0) is 6.54 Å². The van der Waals surface area contributed by atoms with Gasteiger partial charge < -0.3 is 14.6 Å². The SMILES string of the molecule is CNC(C)c1nnc(N(Cc2cccs2)C2CC2)o1. The fourth-order valence-electron chi connectivity index (χ4n) is 1.95. The molecule has 3 rings (SSSR count). The van der Waals surface area contributed by atoms with Gasteiger partial charge in [-0.1, -0.05) is 11.2 Å². The van der Waals surface area contributed by atoms with Gasteiger partial charge in [-0.05, 0) is 38.3 Å². The molecule has 0 radical (unpaired) electrons. The molecule has 1 saturated carbocycles. The van der Waals surface area contributed by atoms with E-state index in [0.29, 0.717) is 17.9 Å². The summed E-state index contributed by atoms with van der Waals surface area (Å²) in [5, 5.41) is 13.5. The second-order valence-electron chi connectivity index (χ2n) is 4.87. The summed E-state index contributed by atoms with van der Waals surface area (Å²) in [7, 11) is 1.89. The van der Waals surface area contributed by atoms with Gasteiger partial charge in [0.1, 0.15) is 0 Å². The summed E-state index contributed by atoms with van der Waals surface area (Å²) >= 11 is 1.76. The van der Waals surface area contributed by atoms with Crippen molar-refractivity contribution in [1.82, 2.24) is 15.5 Å². The van der Waals surface area contributed by atoms with Crippen molar-refractivity contribution in [3.8, 4) is 0 Å². The third kappa shape index (κ3) is 2.79. The van der Waals surface area contributed by atoms with Gasteiger partial charge in [-0.15, -0.1) is 16.4 Å². The van der Waals surface area contributed by atoms with Crippen molar-refractivity contribution in [2.24, 2.45) is 0 Å². The Balaban J connectivity index is 1.78. The largest absolute Gasteiger partial charge is 0.406 e. The van der Waals surface area contributed by atoms with E-state index in [-0.39, 0.29) is 6.04 Å². The molecule has 2 aromatic heterocycles. The molecule has 1 aliphatic rings. The maximum atomic E-state index is 5.79. The van der Waals surface area contributed by atoms with Gasteiger partial charge >= 0.3 is 6.01 Å². The summed E-state index contributed by atoms with van der Waals surface area (Å²) in [6.07, 6.45) is 2.43. The van der Waals surface area contributed by atoms with Gasteiger partial charge in [0.25, 0.3) is 0 Å². The van der Waals surface area contributed by atoms with E-state index in [9.17, 15) is 0 Å². The second-order valence-corrected chi connectivity index (χ2v) is 5.90. The predicted molar refractivity (Wildman–Crippen MR) is 75.3 cm³/mol. The van der Waals surface area contributed by atoms with Crippen molar-refractivity contribution in [2.75, 3.05) is 11.9 Å². The van der Waals surface area contributed by atoms with Crippen LogP contribution in [0.15, 0.2) is 21.9 Å². The third-order valence-corrected chi connectivity index (χ3v) is 4.23. The first-order valence-electron chi connectivity index (χ1n) is 6.57. The fourth-order valence-corrected chi connectivity index (χ4v) is 2.65. The molecule has 2 aromatic rings. The minimum Gasteiger partial charge on any atom is -0.406 e. The highest BCUT2D eigenvalue weighted by atomic mass is 32.1. The summed E-state index contributed by atoms with van der Waals surface area (Å²) in [6, 6.07) is 5.51. The maximum absolute atomic E-state index is 5.79. The number of nitrogens with one attached hydrogen (secondary N) is 1. The normalized spacial score (nSPS) is 16.5. The zero-order valence-electron chi connectivity index (χ0n) is 11.2. The van der Waals surface area contributed by atoms with Crippen LogP contribution in [0, 0.1) is 0 Å². The van der Waals surface area contributed by atoms with Crippen molar-refractivity contribution in [2.45, 2.75) is 38.4 Å². The van der Waals surface area contributed by atoms with Crippen LogP contribution < -0.4 is 10.2 Å². The molecule has 1 unspecified atom stereocenters. The number of anilines is 1. The lowest BCUT2D eigenvalue weighted by Crippen LogP contribution is -2.24. The molecule has 2 heterocycles. The third-order valence-electron chi connectivity index (χ3n) is 3.37. The van der Waals surface area contributed by atoms with Crippen LogP contribution in [0.25, 0.3) is 0 Å². The molecule has 0 spiro atoms. The van der Waals surface area contributed by atoms with Crippen LogP contribution in [0.4, 0.5) is 6.01 Å². The smallest absolute Gasteiger partial charge is 0.318 e. The molecular formula is C13H18N4OS. The topological polar surface area (TPSA) is 54.2 Å². The first-order chi connectivity index (χ1) is 9.28. The molecular weight excluding hydrogens is 260 g/mol. The van der Waals surface area contributed by atoms with E-state index in [0.717, 1.165) is 6.54 Å². The lowest BCUT2D eigenvalue weighted by molar-refractivity contribution is 0.428. The van der Waals surface area contributed by atoms with Gasteiger partial charge in [-0.2, -0.15) is 0 Å². The Morgan fingerprint density at radius 3 is 3.00 bits per heavy atom. The Morgan fingerprint density at radius 1 is 1.53 bits per heavy atom. The molecule has 0 aromatic carbocycles. The minimum atomic E-state index is 0.0871. The second kappa shape index (κ2) is 5.30. The van der Waals surface area contributed by atoms with Crippen LogP contribution in [0.2, 0.25) is 0 Å². The number of rotatable bonds is 6. The summed E-state index contributed by atoms with van der Waals surface area (Å²) in [6.45, 7) is 2.87. The van der Waals surface area contributed by atoms with Crippen LogP contribution in [0.3, 0.4) is 0 Å². The van der Waals surface area contributed by atoms with E-state index in [2.05, 4.69) is 37.9 Å². The van der Waals surface area contributed by atoms with E-state index in [1.165, 1.54) is 17.7 Å². The molecule has 1 N–H and O–H groups in total. The standard InChI is InChI=1S/C13H18N4OS/c1-9(14-2)12-15-16-13(18-12)17(10-5-6-10)8-11-4-3-7-19-11/h3-4,7,9-10,14H,5-6,8H2,1-2H3. The Hall–Kier alpha value is -1.40. The average molecular weight is 278 g/mol. The van der Waals surface area contributed by atoms with Crippen LogP contribution in [-0.4, -0.2) is 23.3 Å². The molecule has 102 valence electrons. The van der Waals surface area contributed by atoms with Crippen molar-refractivity contribution in [3.63, 3.8) is 0 Å². The molecule has 1 fully saturated rings. The molecule has 1 aliphatic carbocycles. The zero-order valence-corrected chi connectivity index (χ0v) is 12.0. The quantitative estimate of drug-likeness (QED) is 0.880. The minimum absolute atomic E-state index is 0.0871. The highest BCUT2D eigenvalue weighted by Crippen LogP contribution is 2.33. The number of hydrogen-bond donors (Lipinski definition) is 1. The molecule has 19 heavy (non-hydrogen) atoms. The maximum Gasteiger partial charge on any atom is 0.318 e. The molecule has 0 amide bonds. The van der Waals surface area contributed by atoms with Crippen molar-refractivity contribution >= 4 is 17.4 Å². The van der Waals surface area contributed by atoms with E-state index >= 15 is 0 Å². The Kier molecular flexibility index (Phi) is 3.52. The van der Waals surface area contributed by atoms with Gasteiger partial charge in [0.15, 0.2) is 0 Å². The Bertz CT molecular complexity index is 520. The van der Waals surface area contributed by atoms with Gasteiger partial charge in [0, 0.05) is 10.9 Å². The number of thiophene rings is 1. The summed E-state index contributed by atoms with van der Waals surface area (Å²) in [5.74, 6) is 0.648. The van der Waals surface area contributed by atoms with E-state index in [4.69, 9.17) is 4.42 Å². The Labute approximate surface area is 116 Å². The highest BCUT2D eigenvalue weighted by molar-refractivity contribution is 7.09. The predicted octanol–water partition coefficient (Wildman–Crippen LogP) is 2.58. The summed E-state index contributed by atoms with van der Waals surface area (Å²) in [4.78, 5) is 3.55. The van der Waals surface area contributed by atoms with Gasteiger partial charge in [-0.25, -0.2) is 0 Å². The summed E-state index contributed by atoms with van der Waals surface area (Å²) in [5.41, 5.74) is 0. The van der Waals surface area contributed by atoms with Gasteiger partial charge in [-0.3, -0.25) is 0 Å². The first kappa shape index (κ1) is 12.6. The molecule has 6 heteroatoms. The van der Waals surface area contributed by atoms with Crippen LogP contribution in [0.1, 0.15) is 36.6 Å². The van der Waals surface area contributed by atoms with E-state index in [1.807, 2.05) is 14.0 Å². The first-order valence-corrected chi connectivity index (χ1v) is 7.45. The zero-order chi connectivity index (χ0) is 13.2. The lowest BCUT2D eigenvalue weighted by atomic mass is 10.3. The van der Waals surface area contributed by atoms with Crippen molar-refractivity contribution < 1.29 is 4.42 Å². The number of nitrogens with zero attached hydrogens (tertiary/aromatic N) is 3. The molecule has 0 saturated heterocycles. The van der Waals surface area contributed by atoms with Crippen molar-refractivity contribution in [1.29, 1.82) is 0 Å². The molecule has 0 bridgehead atoms. The van der Waals surface area contributed by atoms with Gasteiger partial charge in [0.05, 0.1) is 12.6 Å². The van der Waals surface area contributed by atoms with Crippen LogP contribution >= 0.6 is 11.3 Å². The summed E-state index contributed by atoms with van der Waals surface area (Å²) < 4.78 is 5.79. The number of aromatic nitrogens is 2. The fraction of sp³-hybridized carbons (Fsp3) is 0.538. The monoisotopic (exact) mass is 278 g/mol. The average Bonchev–Trinajstić information content (AvgIpc) is 2.94. The molecule has 5 nitrogen and oxygen atoms in total. The van der Waals surface area contributed by atoms with Gasteiger partial charge in [0.2, 0.25) is 5.89 Å². The lowest BCUT2D eigenvalue weighted by Gasteiger charge is -2.18. The molecule has 0 aliphatic heterocycles. The van der Waals surface area contributed by atoms with E-state index in [1.54, 1.807) is 11.3 Å².